The second-order valence-electron chi connectivity index (χ2n) is 4.63. The van der Waals surface area contributed by atoms with Crippen molar-refractivity contribution in [2.24, 2.45) is 4.99 Å². The van der Waals surface area contributed by atoms with Gasteiger partial charge >= 0.3 is 0 Å². The van der Waals surface area contributed by atoms with Crippen molar-refractivity contribution in [3.63, 3.8) is 0 Å². The molecule has 5 heteroatoms. The van der Waals surface area contributed by atoms with E-state index in [1.165, 1.54) is 10.4 Å². The van der Waals surface area contributed by atoms with Crippen molar-refractivity contribution in [1.29, 1.82) is 0 Å². The molecule has 2 rings (SSSR count). The molecule has 21 heavy (non-hydrogen) atoms. The third-order valence-electron chi connectivity index (χ3n) is 3.11. The summed E-state index contributed by atoms with van der Waals surface area (Å²) >= 11 is 7.89. The Hall–Kier alpha value is -1.52. The predicted molar refractivity (Wildman–Crippen MR) is 92.3 cm³/mol. The quantitative estimate of drug-likeness (QED) is 0.483. The van der Waals surface area contributed by atoms with Crippen molar-refractivity contribution >= 4 is 28.9 Å². The predicted octanol–water partition coefficient (Wildman–Crippen LogP) is 3.70. The second kappa shape index (κ2) is 8.70. The summed E-state index contributed by atoms with van der Waals surface area (Å²) in [5, 5.41) is 9.55. The van der Waals surface area contributed by atoms with Gasteiger partial charge in [-0.25, -0.2) is 0 Å². The van der Waals surface area contributed by atoms with Gasteiger partial charge in [0.05, 0.1) is 6.54 Å². The van der Waals surface area contributed by atoms with E-state index in [4.69, 9.17) is 11.6 Å². The zero-order valence-electron chi connectivity index (χ0n) is 12.1. The van der Waals surface area contributed by atoms with E-state index in [1.807, 2.05) is 18.2 Å². The first-order chi connectivity index (χ1) is 10.3. The van der Waals surface area contributed by atoms with Gasteiger partial charge in [-0.1, -0.05) is 35.9 Å². The van der Waals surface area contributed by atoms with E-state index < -0.39 is 0 Å². The molecule has 2 N–H and O–H groups in total. The Labute approximate surface area is 135 Å². The Morgan fingerprint density at radius 2 is 2.05 bits per heavy atom. The number of aliphatic imine (C=N–C) groups is 1. The lowest BCUT2D eigenvalue weighted by Crippen LogP contribution is -2.37. The number of rotatable bonds is 6. The normalized spacial score (nSPS) is 11.4. The number of guanidine groups is 1. The molecule has 0 aliphatic rings. The van der Waals surface area contributed by atoms with Crippen molar-refractivity contribution in [2.75, 3.05) is 13.6 Å². The highest BCUT2D eigenvalue weighted by atomic mass is 35.5. The standard InChI is InChI=1S/C16H20ClN3S/c1-18-16(20-12-14-8-5-11-21-14)19-10-4-7-13-6-2-3-9-15(13)17/h2-3,5-6,8-9,11H,4,7,10,12H2,1H3,(H2,18,19,20). The first kappa shape index (κ1) is 15.9. The fraction of sp³-hybridized carbons (Fsp3) is 0.312. The molecule has 0 aliphatic heterocycles. The van der Waals surface area contributed by atoms with Gasteiger partial charge in [-0.3, -0.25) is 4.99 Å². The summed E-state index contributed by atoms with van der Waals surface area (Å²) in [6.45, 7) is 1.68. The van der Waals surface area contributed by atoms with Crippen LogP contribution in [0, 0.1) is 0 Å². The number of hydrogen-bond acceptors (Lipinski definition) is 2. The number of halogens is 1. The third-order valence-corrected chi connectivity index (χ3v) is 4.35. The summed E-state index contributed by atoms with van der Waals surface area (Å²) in [6, 6.07) is 12.2. The second-order valence-corrected chi connectivity index (χ2v) is 6.07. The fourth-order valence-electron chi connectivity index (χ4n) is 1.99. The van der Waals surface area contributed by atoms with Gasteiger partial charge in [0.25, 0.3) is 0 Å². The summed E-state index contributed by atoms with van der Waals surface area (Å²) in [4.78, 5) is 5.52. The lowest BCUT2D eigenvalue weighted by Gasteiger charge is -2.11. The molecular weight excluding hydrogens is 302 g/mol. The number of hydrogen-bond donors (Lipinski definition) is 2. The number of benzene rings is 1. The Morgan fingerprint density at radius 3 is 2.76 bits per heavy atom. The van der Waals surface area contributed by atoms with Gasteiger partial charge in [0.2, 0.25) is 0 Å². The Balaban J connectivity index is 1.68. The Kier molecular flexibility index (Phi) is 6.57. The van der Waals surface area contributed by atoms with Crippen molar-refractivity contribution in [3.8, 4) is 0 Å². The largest absolute Gasteiger partial charge is 0.356 e. The van der Waals surface area contributed by atoms with Crippen LogP contribution >= 0.6 is 22.9 Å². The van der Waals surface area contributed by atoms with Crippen LogP contribution in [-0.4, -0.2) is 19.6 Å². The molecule has 0 radical (unpaired) electrons. The molecule has 0 bridgehead atoms. The molecule has 112 valence electrons. The lowest BCUT2D eigenvalue weighted by atomic mass is 10.1. The van der Waals surface area contributed by atoms with Gasteiger partial charge < -0.3 is 10.6 Å². The first-order valence-electron chi connectivity index (χ1n) is 7.00. The van der Waals surface area contributed by atoms with Crippen molar-refractivity contribution < 1.29 is 0 Å². The monoisotopic (exact) mass is 321 g/mol. The molecule has 3 nitrogen and oxygen atoms in total. The lowest BCUT2D eigenvalue weighted by molar-refractivity contribution is 0.744. The molecule has 0 atom stereocenters. The summed E-state index contributed by atoms with van der Waals surface area (Å²) < 4.78 is 0. The molecule has 2 aromatic rings. The van der Waals surface area contributed by atoms with Crippen LogP contribution in [0.5, 0.6) is 0 Å². The van der Waals surface area contributed by atoms with Gasteiger partial charge in [-0.2, -0.15) is 0 Å². The van der Waals surface area contributed by atoms with E-state index in [9.17, 15) is 0 Å². The highest BCUT2D eigenvalue weighted by Gasteiger charge is 2.01. The van der Waals surface area contributed by atoms with Crippen LogP contribution in [0.2, 0.25) is 5.02 Å². The topological polar surface area (TPSA) is 36.4 Å². The zero-order valence-corrected chi connectivity index (χ0v) is 13.7. The van der Waals surface area contributed by atoms with E-state index in [0.29, 0.717) is 0 Å². The van der Waals surface area contributed by atoms with E-state index in [2.05, 4.69) is 39.2 Å². The highest BCUT2D eigenvalue weighted by molar-refractivity contribution is 7.09. The van der Waals surface area contributed by atoms with E-state index in [1.54, 1.807) is 18.4 Å². The van der Waals surface area contributed by atoms with Crippen molar-refractivity contribution in [3.05, 3.63) is 57.2 Å². The van der Waals surface area contributed by atoms with Crippen LogP contribution in [0.15, 0.2) is 46.8 Å². The van der Waals surface area contributed by atoms with Gasteiger partial charge in [0.15, 0.2) is 5.96 Å². The molecule has 1 aromatic carbocycles. The average molecular weight is 322 g/mol. The maximum absolute atomic E-state index is 6.14. The van der Waals surface area contributed by atoms with E-state index in [-0.39, 0.29) is 0 Å². The average Bonchev–Trinajstić information content (AvgIpc) is 3.01. The molecule has 0 saturated carbocycles. The van der Waals surface area contributed by atoms with Gasteiger partial charge in [-0.15, -0.1) is 11.3 Å². The Bertz CT molecular complexity index is 567. The van der Waals surface area contributed by atoms with E-state index >= 15 is 0 Å². The van der Waals surface area contributed by atoms with Crippen LogP contribution in [0.3, 0.4) is 0 Å². The summed E-state index contributed by atoms with van der Waals surface area (Å²) in [6.07, 6.45) is 1.98. The van der Waals surface area contributed by atoms with Gasteiger partial charge in [0, 0.05) is 23.5 Å². The summed E-state index contributed by atoms with van der Waals surface area (Å²) in [7, 11) is 1.79. The van der Waals surface area contributed by atoms with Crippen molar-refractivity contribution in [1.82, 2.24) is 10.6 Å². The minimum atomic E-state index is 0.807. The van der Waals surface area contributed by atoms with E-state index in [0.717, 1.165) is 36.9 Å². The molecular formula is C16H20ClN3S. The molecule has 0 fully saturated rings. The molecule has 0 saturated heterocycles. The number of thiophene rings is 1. The van der Waals surface area contributed by atoms with Crippen LogP contribution in [0.4, 0.5) is 0 Å². The number of nitrogens with one attached hydrogen (secondary N) is 2. The highest BCUT2D eigenvalue weighted by Crippen LogP contribution is 2.16. The summed E-state index contributed by atoms with van der Waals surface area (Å²) in [5.74, 6) is 0.836. The zero-order chi connectivity index (χ0) is 14.9. The minimum absolute atomic E-state index is 0.807. The third kappa shape index (κ3) is 5.40. The van der Waals surface area contributed by atoms with Crippen LogP contribution in [0.1, 0.15) is 16.9 Å². The molecule has 1 aromatic heterocycles. The molecule has 1 heterocycles. The number of nitrogens with zero attached hydrogens (tertiary/aromatic N) is 1. The van der Waals surface area contributed by atoms with Crippen LogP contribution in [-0.2, 0) is 13.0 Å². The molecule has 0 amide bonds. The van der Waals surface area contributed by atoms with Crippen LogP contribution in [0.25, 0.3) is 0 Å². The fourth-order valence-corrected chi connectivity index (χ4v) is 2.87. The summed E-state index contributed by atoms with van der Waals surface area (Å²) in [5.41, 5.74) is 1.20. The first-order valence-corrected chi connectivity index (χ1v) is 8.25. The maximum Gasteiger partial charge on any atom is 0.191 e. The SMILES string of the molecule is CN=C(NCCCc1ccccc1Cl)NCc1cccs1. The van der Waals surface area contributed by atoms with Gasteiger partial charge in [-0.05, 0) is 35.9 Å². The smallest absolute Gasteiger partial charge is 0.191 e. The molecule has 0 unspecified atom stereocenters. The Morgan fingerprint density at radius 1 is 1.19 bits per heavy atom. The van der Waals surface area contributed by atoms with Gasteiger partial charge in [0.1, 0.15) is 0 Å². The van der Waals surface area contributed by atoms with Crippen molar-refractivity contribution in [2.45, 2.75) is 19.4 Å². The number of aryl methyl sites for hydroxylation is 1. The molecule has 0 aliphatic carbocycles. The molecule has 0 spiro atoms. The van der Waals surface area contributed by atoms with Crippen LogP contribution < -0.4 is 10.6 Å². The minimum Gasteiger partial charge on any atom is -0.356 e. The maximum atomic E-state index is 6.14.